The SMILES string of the molecule is O=C(Cc1ccc(I)cc1)c1cccc2c1OCCO2. The number of carbonyl (C=O) groups excluding carboxylic acids is 1. The summed E-state index contributed by atoms with van der Waals surface area (Å²) in [5.74, 6) is 1.28. The highest BCUT2D eigenvalue weighted by Gasteiger charge is 2.20. The minimum Gasteiger partial charge on any atom is -0.486 e. The number of Topliss-reactive ketones (excluding diaryl/α,β-unsaturated/α-hetero) is 1. The summed E-state index contributed by atoms with van der Waals surface area (Å²) < 4.78 is 12.2. The van der Waals surface area contributed by atoms with Gasteiger partial charge in [0.25, 0.3) is 0 Å². The number of halogens is 1. The number of ether oxygens (including phenoxy) is 2. The first kappa shape index (κ1) is 13.4. The molecule has 0 unspecified atom stereocenters. The lowest BCUT2D eigenvalue weighted by Crippen LogP contribution is -2.18. The predicted octanol–water partition coefficient (Wildman–Crippen LogP) is 3.49. The third kappa shape index (κ3) is 2.80. The monoisotopic (exact) mass is 380 g/mol. The molecule has 1 heterocycles. The van der Waals surface area contributed by atoms with E-state index in [4.69, 9.17) is 9.47 Å². The van der Waals surface area contributed by atoms with Crippen LogP contribution >= 0.6 is 22.6 Å². The highest BCUT2D eigenvalue weighted by Crippen LogP contribution is 2.34. The molecule has 3 nitrogen and oxygen atoms in total. The average molecular weight is 380 g/mol. The number of fused-ring (bicyclic) bond motifs is 1. The van der Waals surface area contributed by atoms with Crippen LogP contribution in [0.3, 0.4) is 0 Å². The van der Waals surface area contributed by atoms with Gasteiger partial charge in [-0.3, -0.25) is 4.79 Å². The summed E-state index contributed by atoms with van der Waals surface area (Å²) >= 11 is 2.25. The maximum absolute atomic E-state index is 12.4. The zero-order valence-corrected chi connectivity index (χ0v) is 12.9. The maximum atomic E-state index is 12.4. The molecule has 3 rings (SSSR count). The van der Waals surface area contributed by atoms with Crippen LogP contribution in [0.5, 0.6) is 11.5 Å². The van der Waals surface area contributed by atoms with Crippen LogP contribution < -0.4 is 9.47 Å². The molecule has 1 aliphatic rings. The number of rotatable bonds is 3. The smallest absolute Gasteiger partial charge is 0.172 e. The number of ketones is 1. The van der Waals surface area contributed by atoms with Crippen LogP contribution in [0.25, 0.3) is 0 Å². The highest BCUT2D eigenvalue weighted by molar-refractivity contribution is 14.1. The third-order valence-electron chi connectivity index (χ3n) is 3.14. The normalized spacial score (nSPS) is 13.1. The zero-order chi connectivity index (χ0) is 13.9. The van der Waals surface area contributed by atoms with Crippen molar-refractivity contribution in [3.63, 3.8) is 0 Å². The van der Waals surface area contributed by atoms with Gasteiger partial charge in [0.05, 0.1) is 5.56 Å². The van der Waals surface area contributed by atoms with Crippen LogP contribution in [0, 0.1) is 3.57 Å². The van der Waals surface area contributed by atoms with E-state index in [2.05, 4.69) is 22.6 Å². The van der Waals surface area contributed by atoms with Gasteiger partial charge in [-0.1, -0.05) is 18.2 Å². The second kappa shape index (κ2) is 5.83. The molecule has 102 valence electrons. The van der Waals surface area contributed by atoms with E-state index in [0.29, 0.717) is 36.7 Å². The fourth-order valence-corrected chi connectivity index (χ4v) is 2.54. The van der Waals surface area contributed by atoms with Gasteiger partial charge in [0.1, 0.15) is 13.2 Å². The Kier molecular flexibility index (Phi) is 3.91. The number of carbonyl (C=O) groups is 1. The molecule has 0 spiro atoms. The van der Waals surface area contributed by atoms with Crippen molar-refractivity contribution in [2.45, 2.75) is 6.42 Å². The van der Waals surface area contributed by atoms with Crippen LogP contribution in [-0.4, -0.2) is 19.0 Å². The van der Waals surface area contributed by atoms with Gasteiger partial charge in [0.15, 0.2) is 17.3 Å². The minimum absolute atomic E-state index is 0.0496. The summed E-state index contributed by atoms with van der Waals surface area (Å²) in [6, 6.07) is 13.4. The van der Waals surface area contributed by atoms with E-state index < -0.39 is 0 Å². The first-order chi connectivity index (χ1) is 9.74. The van der Waals surface area contributed by atoms with E-state index in [9.17, 15) is 4.79 Å². The quantitative estimate of drug-likeness (QED) is 0.604. The second-order valence-corrected chi connectivity index (χ2v) is 5.80. The third-order valence-corrected chi connectivity index (χ3v) is 3.86. The summed E-state index contributed by atoms with van der Waals surface area (Å²) in [7, 11) is 0. The molecule has 0 bridgehead atoms. The van der Waals surface area contributed by atoms with E-state index in [-0.39, 0.29) is 5.78 Å². The molecule has 1 aliphatic heterocycles. The lowest BCUT2D eigenvalue weighted by molar-refractivity contribution is 0.0982. The summed E-state index contributed by atoms with van der Waals surface area (Å²) in [4.78, 5) is 12.4. The molecule has 0 fully saturated rings. The van der Waals surface area contributed by atoms with Gasteiger partial charge in [-0.05, 0) is 52.4 Å². The van der Waals surface area contributed by atoms with E-state index in [0.717, 1.165) is 9.13 Å². The molecule has 0 N–H and O–H groups in total. The molecule has 0 aromatic heterocycles. The summed E-state index contributed by atoms with van der Waals surface area (Å²) in [5.41, 5.74) is 1.60. The largest absolute Gasteiger partial charge is 0.486 e. The Morgan fingerprint density at radius 2 is 1.80 bits per heavy atom. The van der Waals surface area contributed by atoms with E-state index >= 15 is 0 Å². The van der Waals surface area contributed by atoms with Crippen molar-refractivity contribution in [2.75, 3.05) is 13.2 Å². The van der Waals surface area contributed by atoms with Gasteiger partial charge in [-0.25, -0.2) is 0 Å². The first-order valence-electron chi connectivity index (χ1n) is 6.40. The molecule has 20 heavy (non-hydrogen) atoms. The van der Waals surface area contributed by atoms with Crippen molar-refractivity contribution in [2.24, 2.45) is 0 Å². The number of hydrogen-bond acceptors (Lipinski definition) is 3. The van der Waals surface area contributed by atoms with Gasteiger partial charge in [0, 0.05) is 9.99 Å². The molecule has 0 saturated carbocycles. The van der Waals surface area contributed by atoms with Crippen LogP contribution in [0.4, 0.5) is 0 Å². The average Bonchev–Trinajstić information content (AvgIpc) is 2.49. The number of benzene rings is 2. The topological polar surface area (TPSA) is 35.5 Å². The van der Waals surface area contributed by atoms with Crippen LogP contribution in [0.15, 0.2) is 42.5 Å². The Labute approximate surface area is 131 Å². The predicted molar refractivity (Wildman–Crippen MR) is 84.6 cm³/mol. The van der Waals surface area contributed by atoms with Gasteiger partial charge in [-0.2, -0.15) is 0 Å². The van der Waals surface area contributed by atoms with Crippen LogP contribution in [0.1, 0.15) is 15.9 Å². The molecule has 0 atom stereocenters. The van der Waals surface area contributed by atoms with Crippen molar-refractivity contribution in [1.82, 2.24) is 0 Å². The van der Waals surface area contributed by atoms with Crippen molar-refractivity contribution >= 4 is 28.4 Å². The number of hydrogen-bond donors (Lipinski definition) is 0. The molecule has 0 amide bonds. The zero-order valence-electron chi connectivity index (χ0n) is 10.8. The summed E-state index contributed by atoms with van der Waals surface area (Å²) in [6.07, 6.45) is 0.372. The molecular formula is C16H13IO3. The van der Waals surface area contributed by atoms with Crippen molar-refractivity contribution in [3.05, 3.63) is 57.2 Å². The number of para-hydroxylation sites is 1. The molecule has 2 aromatic carbocycles. The summed E-state index contributed by atoms with van der Waals surface area (Å²) in [6.45, 7) is 1.02. The maximum Gasteiger partial charge on any atom is 0.172 e. The first-order valence-corrected chi connectivity index (χ1v) is 7.48. The van der Waals surface area contributed by atoms with Gasteiger partial charge >= 0.3 is 0 Å². The fraction of sp³-hybridized carbons (Fsp3) is 0.188. The van der Waals surface area contributed by atoms with Gasteiger partial charge < -0.3 is 9.47 Å². The molecular weight excluding hydrogens is 367 g/mol. The Hall–Kier alpha value is -1.56. The lowest BCUT2D eigenvalue weighted by atomic mass is 10.0. The lowest BCUT2D eigenvalue weighted by Gasteiger charge is -2.20. The van der Waals surface area contributed by atoms with Gasteiger partial charge in [0.2, 0.25) is 0 Å². The Bertz CT molecular complexity index is 635. The molecule has 0 radical (unpaired) electrons. The highest BCUT2D eigenvalue weighted by atomic mass is 127. The van der Waals surface area contributed by atoms with Gasteiger partial charge in [-0.15, -0.1) is 0 Å². The molecule has 0 aliphatic carbocycles. The van der Waals surface area contributed by atoms with Crippen molar-refractivity contribution < 1.29 is 14.3 Å². The van der Waals surface area contributed by atoms with E-state index in [1.165, 1.54) is 0 Å². The van der Waals surface area contributed by atoms with Crippen LogP contribution in [0.2, 0.25) is 0 Å². The van der Waals surface area contributed by atoms with E-state index in [1.807, 2.05) is 36.4 Å². The standard InChI is InChI=1S/C16H13IO3/c17-12-6-4-11(5-7-12)10-14(18)13-2-1-3-15-16(13)20-9-8-19-15/h1-7H,8-10H2. The fourth-order valence-electron chi connectivity index (χ4n) is 2.18. The van der Waals surface area contributed by atoms with Crippen LogP contribution in [-0.2, 0) is 6.42 Å². The van der Waals surface area contributed by atoms with Crippen molar-refractivity contribution in [3.8, 4) is 11.5 Å². The van der Waals surface area contributed by atoms with E-state index in [1.54, 1.807) is 6.07 Å². The molecule has 2 aromatic rings. The Balaban J connectivity index is 1.85. The Morgan fingerprint density at radius 1 is 1.05 bits per heavy atom. The Morgan fingerprint density at radius 3 is 2.60 bits per heavy atom. The summed E-state index contributed by atoms with van der Waals surface area (Å²) in [5, 5.41) is 0. The molecule has 4 heteroatoms. The minimum atomic E-state index is 0.0496. The second-order valence-electron chi connectivity index (χ2n) is 4.56. The molecule has 0 saturated heterocycles. The van der Waals surface area contributed by atoms with Crippen molar-refractivity contribution in [1.29, 1.82) is 0 Å².